The molecule has 0 aliphatic heterocycles. The summed E-state index contributed by atoms with van der Waals surface area (Å²) in [5.41, 5.74) is 0.521. The van der Waals surface area contributed by atoms with Crippen molar-refractivity contribution in [2.45, 2.75) is 29.9 Å². The fraction of sp³-hybridized carbons (Fsp3) is 1.00. The van der Waals surface area contributed by atoms with Gasteiger partial charge in [0.2, 0.25) is 0 Å². The minimum absolute atomic E-state index is 0.280. The van der Waals surface area contributed by atoms with E-state index in [-0.39, 0.29) is 3.23 Å². The molecule has 0 spiro atoms. The van der Waals surface area contributed by atoms with Crippen molar-refractivity contribution in [3.05, 3.63) is 0 Å². The molecule has 0 aromatic carbocycles. The first-order valence-electron chi connectivity index (χ1n) is 2.90. The maximum Gasteiger partial charge on any atom is 0.0865 e. The molecule has 1 saturated carbocycles. The van der Waals surface area contributed by atoms with E-state index in [1.54, 1.807) is 0 Å². The maximum atomic E-state index is 3.59. The summed E-state index contributed by atoms with van der Waals surface area (Å²) < 4.78 is 0.280. The van der Waals surface area contributed by atoms with Crippen LogP contribution >= 0.6 is 31.9 Å². The van der Waals surface area contributed by atoms with E-state index < -0.39 is 0 Å². The maximum absolute atomic E-state index is 3.59. The lowest BCUT2D eigenvalue weighted by Crippen LogP contribution is -1.99. The molecule has 0 aromatic heterocycles. The van der Waals surface area contributed by atoms with Crippen molar-refractivity contribution < 1.29 is 0 Å². The lowest BCUT2D eigenvalue weighted by atomic mass is 10.1. The molecular formula is C6H10Br2. The molecule has 0 aromatic rings. The summed E-state index contributed by atoms with van der Waals surface area (Å²) in [6.45, 7) is 4.51. The zero-order valence-corrected chi connectivity index (χ0v) is 8.34. The van der Waals surface area contributed by atoms with Gasteiger partial charge in [0.05, 0.1) is 3.23 Å². The third-order valence-electron chi connectivity index (χ3n) is 2.15. The van der Waals surface area contributed by atoms with Gasteiger partial charge in [-0.05, 0) is 18.3 Å². The Morgan fingerprint density at radius 3 is 1.88 bits per heavy atom. The van der Waals surface area contributed by atoms with Crippen LogP contribution in [0, 0.1) is 5.41 Å². The molecule has 1 fully saturated rings. The van der Waals surface area contributed by atoms with Crippen molar-refractivity contribution in [3.63, 3.8) is 0 Å². The van der Waals surface area contributed by atoms with Crippen molar-refractivity contribution in [2.24, 2.45) is 5.41 Å². The molecule has 0 radical (unpaired) electrons. The van der Waals surface area contributed by atoms with Gasteiger partial charge in [0.25, 0.3) is 0 Å². The summed E-state index contributed by atoms with van der Waals surface area (Å²) in [6.07, 6.45) is 2.51. The number of halogens is 2. The van der Waals surface area contributed by atoms with Crippen molar-refractivity contribution in [1.82, 2.24) is 0 Å². The van der Waals surface area contributed by atoms with E-state index in [0.29, 0.717) is 5.41 Å². The summed E-state index contributed by atoms with van der Waals surface area (Å²) in [5.74, 6) is 0. The fourth-order valence-electron chi connectivity index (χ4n) is 0.829. The minimum Gasteiger partial charge on any atom is -0.0721 e. The van der Waals surface area contributed by atoms with E-state index in [9.17, 15) is 0 Å². The summed E-state index contributed by atoms with van der Waals surface area (Å²) >= 11 is 7.17. The normalized spacial score (nSPS) is 42.0. The molecular weight excluding hydrogens is 232 g/mol. The highest BCUT2D eigenvalue weighted by Crippen LogP contribution is 2.67. The second-order valence-corrected chi connectivity index (χ2v) is 6.57. The standard InChI is InChI=1S/C6H10Br2/c1-3-5(2)4-6(5,7)8/h3-4H2,1-2H3/t5-/m1/s1. The quantitative estimate of drug-likeness (QED) is 0.619. The Labute approximate surface area is 67.3 Å². The molecule has 1 aliphatic carbocycles. The molecule has 0 unspecified atom stereocenters. The average Bonchev–Trinajstić information content (AvgIpc) is 2.10. The molecule has 0 bridgehead atoms. The topological polar surface area (TPSA) is 0 Å². The third-order valence-corrected chi connectivity index (χ3v) is 4.63. The predicted octanol–water partition coefficient (Wildman–Crippen LogP) is 3.29. The molecule has 1 rings (SSSR count). The summed E-state index contributed by atoms with van der Waals surface area (Å²) in [5, 5.41) is 0. The highest BCUT2D eigenvalue weighted by Gasteiger charge is 2.59. The second kappa shape index (κ2) is 1.72. The van der Waals surface area contributed by atoms with Crippen molar-refractivity contribution in [1.29, 1.82) is 0 Å². The van der Waals surface area contributed by atoms with Gasteiger partial charge in [-0.2, -0.15) is 0 Å². The van der Waals surface area contributed by atoms with Crippen molar-refractivity contribution >= 4 is 31.9 Å². The summed E-state index contributed by atoms with van der Waals surface area (Å²) in [4.78, 5) is 0. The molecule has 0 saturated heterocycles. The molecule has 1 aliphatic rings. The number of rotatable bonds is 1. The van der Waals surface area contributed by atoms with Crippen LogP contribution in [-0.2, 0) is 0 Å². The highest BCUT2D eigenvalue weighted by molar-refractivity contribution is 9.25. The Morgan fingerprint density at radius 2 is 1.88 bits per heavy atom. The van der Waals surface area contributed by atoms with Crippen LogP contribution < -0.4 is 0 Å². The smallest absolute Gasteiger partial charge is 0.0721 e. The van der Waals surface area contributed by atoms with E-state index in [0.717, 1.165) is 0 Å². The Kier molecular flexibility index (Phi) is 1.52. The largest absolute Gasteiger partial charge is 0.0865 e. The van der Waals surface area contributed by atoms with E-state index >= 15 is 0 Å². The van der Waals surface area contributed by atoms with Crippen LogP contribution in [0.4, 0.5) is 0 Å². The van der Waals surface area contributed by atoms with Crippen LogP contribution in [0.3, 0.4) is 0 Å². The second-order valence-electron chi connectivity index (χ2n) is 2.80. The Morgan fingerprint density at radius 1 is 1.50 bits per heavy atom. The van der Waals surface area contributed by atoms with Gasteiger partial charge in [0.1, 0.15) is 0 Å². The average molecular weight is 242 g/mol. The van der Waals surface area contributed by atoms with Crippen LogP contribution in [0.2, 0.25) is 0 Å². The zero-order valence-electron chi connectivity index (χ0n) is 5.17. The van der Waals surface area contributed by atoms with Gasteiger partial charge < -0.3 is 0 Å². The van der Waals surface area contributed by atoms with Crippen LogP contribution in [0.5, 0.6) is 0 Å². The van der Waals surface area contributed by atoms with Crippen LogP contribution in [0.15, 0.2) is 0 Å². The number of hydrogen-bond donors (Lipinski definition) is 0. The van der Waals surface area contributed by atoms with E-state index in [2.05, 4.69) is 45.7 Å². The molecule has 0 nitrogen and oxygen atoms in total. The Balaban J connectivity index is 2.55. The molecule has 1 atom stereocenters. The van der Waals surface area contributed by atoms with Gasteiger partial charge in [0.15, 0.2) is 0 Å². The summed E-state index contributed by atoms with van der Waals surface area (Å²) in [6, 6.07) is 0. The monoisotopic (exact) mass is 240 g/mol. The van der Waals surface area contributed by atoms with Crippen LogP contribution in [0.25, 0.3) is 0 Å². The highest BCUT2D eigenvalue weighted by atomic mass is 79.9. The van der Waals surface area contributed by atoms with E-state index in [1.165, 1.54) is 12.8 Å². The van der Waals surface area contributed by atoms with Gasteiger partial charge in [-0.25, -0.2) is 0 Å². The van der Waals surface area contributed by atoms with Gasteiger partial charge in [0, 0.05) is 0 Å². The van der Waals surface area contributed by atoms with Crippen LogP contribution in [0.1, 0.15) is 26.7 Å². The van der Waals surface area contributed by atoms with Crippen molar-refractivity contribution in [2.75, 3.05) is 0 Å². The van der Waals surface area contributed by atoms with Gasteiger partial charge >= 0.3 is 0 Å². The molecule has 8 heavy (non-hydrogen) atoms. The first-order chi connectivity index (χ1) is 3.52. The molecule has 2 heteroatoms. The first kappa shape index (κ1) is 7.07. The van der Waals surface area contributed by atoms with Gasteiger partial charge in [-0.1, -0.05) is 45.7 Å². The lowest BCUT2D eigenvalue weighted by molar-refractivity contribution is 0.550. The SMILES string of the molecule is CC[C@]1(C)CC1(Br)Br. The molecule has 48 valence electrons. The third kappa shape index (κ3) is 0.860. The number of hydrogen-bond acceptors (Lipinski definition) is 0. The Bertz CT molecular complexity index is 109. The minimum atomic E-state index is 0.280. The van der Waals surface area contributed by atoms with Crippen LogP contribution in [-0.4, -0.2) is 3.23 Å². The summed E-state index contributed by atoms with van der Waals surface area (Å²) in [7, 11) is 0. The number of alkyl halides is 2. The fourth-order valence-corrected chi connectivity index (χ4v) is 2.63. The lowest BCUT2D eigenvalue weighted by Gasteiger charge is -2.06. The van der Waals surface area contributed by atoms with E-state index in [4.69, 9.17) is 0 Å². The zero-order chi connectivity index (χ0) is 6.41. The molecule has 0 amide bonds. The predicted molar refractivity (Wildman–Crippen MR) is 43.6 cm³/mol. The molecule has 0 heterocycles. The van der Waals surface area contributed by atoms with Gasteiger partial charge in [-0.3, -0.25) is 0 Å². The first-order valence-corrected chi connectivity index (χ1v) is 4.48. The van der Waals surface area contributed by atoms with E-state index in [1.807, 2.05) is 0 Å². The van der Waals surface area contributed by atoms with Crippen molar-refractivity contribution in [3.8, 4) is 0 Å². The molecule has 0 N–H and O–H groups in total. The Hall–Kier alpha value is 0.960. The van der Waals surface area contributed by atoms with Gasteiger partial charge in [-0.15, -0.1) is 0 Å².